The smallest absolute Gasteiger partial charge is 0.328 e. The van der Waals surface area contributed by atoms with Gasteiger partial charge >= 0.3 is 5.97 Å². The molecule has 0 aliphatic rings. The van der Waals surface area contributed by atoms with Gasteiger partial charge in [0.2, 0.25) is 0 Å². The van der Waals surface area contributed by atoms with E-state index in [1.165, 1.54) is 12.3 Å². The second-order valence-corrected chi connectivity index (χ2v) is 4.05. The maximum Gasteiger partial charge on any atom is 0.328 e. The highest BCUT2D eigenvalue weighted by molar-refractivity contribution is 5.85. The van der Waals surface area contributed by atoms with Crippen LogP contribution in [0.15, 0.2) is 41.3 Å². The third-order valence-electron chi connectivity index (χ3n) is 2.56. The van der Waals surface area contributed by atoms with Crippen LogP contribution in [0.3, 0.4) is 0 Å². The molecule has 0 unspecified atom stereocenters. The largest absolute Gasteiger partial charge is 0.478 e. The summed E-state index contributed by atoms with van der Waals surface area (Å²) in [4.78, 5) is 28.9. The molecule has 2 rings (SSSR count). The lowest BCUT2D eigenvalue weighted by molar-refractivity contribution is -0.131. The lowest BCUT2D eigenvalue weighted by atomic mass is 10.1. The molecule has 1 aromatic heterocycles. The number of H-pyrrole nitrogens is 1. The van der Waals surface area contributed by atoms with Crippen LogP contribution in [0.25, 0.3) is 17.5 Å². The van der Waals surface area contributed by atoms with Gasteiger partial charge in [-0.25, -0.2) is 9.78 Å². The first-order chi connectivity index (χ1) is 9.06. The Kier molecular flexibility index (Phi) is 3.56. The number of carboxylic acids is 1. The minimum atomic E-state index is -1.11. The molecule has 0 aliphatic heterocycles. The quantitative estimate of drug-likeness (QED) is 0.821. The van der Waals surface area contributed by atoms with Crippen molar-refractivity contribution in [2.75, 3.05) is 0 Å². The van der Waals surface area contributed by atoms with Crippen molar-refractivity contribution in [2.45, 2.75) is 6.92 Å². The van der Waals surface area contributed by atoms with E-state index < -0.39 is 5.97 Å². The van der Waals surface area contributed by atoms with Crippen LogP contribution in [-0.2, 0) is 4.79 Å². The topological polar surface area (TPSA) is 83.0 Å². The van der Waals surface area contributed by atoms with E-state index in [2.05, 4.69) is 9.97 Å². The van der Waals surface area contributed by atoms with Gasteiger partial charge < -0.3 is 10.1 Å². The fourth-order valence-electron chi connectivity index (χ4n) is 1.54. The molecule has 2 N–H and O–H groups in total. The van der Waals surface area contributed by atoms with E-state index in [1.807, 2.05) is 31.2 Å². The molecule has 0 atom stereocenters. The lowest BCUT2D eigenvalue weighted by Crippen LogP contribution is -2.11. The summed E-state index contributed by atoms with van der Waals surface area (Å²) in [5.41, 5.74) is 1.75. The first-order valence-electron chi connectivity index (χ1n) is 5.63. The Morgan fingerprint density at radius 2 is 2.00 bits per heavy atom. The number of aliphatic carboxylic acids is 1. The third-order valence-corrected chi connectivity index (χ3v) is 2.56. The summed E-state index contributed by atoms with van der Waals surface area (Å²) in [6.07, 6.45) is 3.47. The number of carboxylic acid groups (broad SMARTS) is 1. The molecule has 0 saturated heterocycles. The molecule has 1 aromatic carbocycles. The Labute approximate surface area is 109 Å². The maximum atomic E-state index is 11.8. The number of nitrogens with one attached hydrogen (secondary N) is 1. The molecule has 0 fully saturated rings. The van der Waals surface area contributed by atoms with Gasteiger partial charge in [-0.05, 0) is 13.0 Å². The van der Waals surface area contributed by atoms with Gasteiger partial charge in [0.25, 0.3) is 5.56 Å². The minimum Gasteiger partial charge on any atom is -0.478 e. The Morgan fingerprint density at radius 1 is 1.32 bits per heavy atom. The molecule has 96 valence electrons. The summed E-state index contributed by atoms with van der Waals surface area (Å²) in [6, 6.07) is 7.57. The second kappa shape index (κ2) is 5.30. The van der Waals surface area contributed by atoms with Crippen LogP contribution in [0, 0.1) is 6.92 Å². The average molecular weight is 256 g/mol. The van der Waals surface area contributed by atoms with Crippen LogP contribution in [0.1, 0.15) is 11.1 Å². The first-order valence-corrected chi connectivity index (χ1v) is 5.63. The molecule has 0 bridgehead atoms. The number of carbonyl (C=O) groups is 1. The summed E-state index contributed by atoms with van der Waals surface area (Å²) >= 11 is 0. The van der Waals surface area contributed by atoms with Gasteiger partial charge in [0.05, 0.1) is 5.56 Å². The number of aromatic amines is 1. The Balaban J connectivity index is 2.36. The molecule has 0 radical (unpaired) electrons. The molecule has 0 aliphatic carbocycles. The average Bonchev–Trinajstić information content (AvgIpc) is 2.38. The van der Waals surface area contributed by atoms with E-state index in [4.69, 9.17) is 5.11 Å². The van der Waals surface area contributed by atoms with Crippen LogP contribution in [0.5, 0.6) is 0 Å². The van der Waals surface area contributed by atoms with E-state index in [9.17, 15) is 9.59 Å². The first kappa shape index (κ1) is 12.8. The predicted molar refractivity (Wildman–Crippen MR) is 71.7 cm³/mol. The van der Waals surface area contributed by atoms with E-state index in [1.54, 1.807) is 0 Å². The van der Waals surface area contributed by atoms with Gasteiger partial charge in [0, 0.05) is 17.8 Å². The minimum absolute atomic E-state index is 0.207. The molecule has 0 amide bonds. The zero-order chi connectivity index (χ0) is 13.8. The number of nitrogens with zero attached hydrogens (tertiary/aromatic N) is 1. The second-order valence-electron chi connectivity index (χ2n) is 4.05. The SMILES string of the molecule is Cc1ccc(-c2ncc(/C=C\C(=O)O)c(=O)[nH]2)cc1. The number of hydrogen-bond acceptors (Lipinski definition) is 3. The zero-order valence-corrected chi connectivity index (χ0v) is 10.3. The summed E-state index contributed by atoms with van der Waals surface area (Å²) in [6.45, 7) is 1.97. The van der Waals surface area contributed by atoms with Crippen molar-refractivity contribution < 1.29 is 9.90 Å². The highest BCUT2D eigenvalue weighted by atomic mass is 16.4. The van der Waals surface area contributed by atoms with E-state index >= 15 is 0 Å². The van der Waals surface area contributed by atoms with Crippen LogP contribution < -0.4 is 5.56 Å². The molecular weight excluding hydrogens is 244 g/mol. The summed E-state index contributed by atoms with van der Waals surface area (Å²) in [7, 11) is 0. The van der Waals surface area contributed by atoms with Crippen LogP contribution in [-0.4, -0.2) is 21.0 Å². The van der Waals surface area contributed by atoms with E-state index in [0.717, 1.165) is 17.2 Å². The monoisotopic (exact) mass is 256 g/mol. The van der Waals surface area contributed by atoms with Crippen molar-refractivity contribution in [3.63, 3.8) is 0 Å². The number of hydrogen-bond donors (Lipinski definition) is 2. The van der Waals surface area contributed by atoms with Crippen molar-refractivity contribution in [3.05, 3.63) is 58.0 Å². The molecule has 0 saturated carbocycles. The number of aromatic nitrogens is 2. The summed E-state index contributed by atoms with van der Waals surface area (Å²) < 4.78 is 0. The molecule has 0 spiro atoms. The van der Waals surface area contributed by atoms with Gasteiger partial charge in [-0.15, -0.1) is 0 Å². The molecule has 5 heteroatoms. The Bertz CT molecular complexity index is 685. The summed E-state index contributed by atoms with van der Waals surface area (Å²) in [5.74, 6) is -0.653. The highest BCUT2D eigenvalue weighted by Gasteiger charge is 2.03. The molecule has 5 nitrogen and oxygen atoms in total. The predicted octanol–water partition coefficient (Wildman–Crippen LogP) is 1.84. The molecular formula is C14H12N2O3. The molecule has 1 heterocycles. The zero-order valence-electron chi connectivity index (χ0n) is 10.3. The van der Waals surface area contributed by atoms with Crippen molar-refractivity contribution in [3.8, 4) is 11.4 Å². The standard InChI is InChI=1S/C14H12N2O3/c1-9-2-4-10(5-3-9)13-15-8-11(14(19)16-13)6-7-12(17)18/h2-8H,1H3,(H,17,18)(H,15,16,19)/b7-6-. The normalized spacial score (nSPS) is 10.8. The fraction of sp³-hybridized carbons (Fsp3) is 0.0714. The van der Waals surface area contributed by atoms with Crippen molar-refractivity contribution in [1.29, 1.82) is 0 Å². The van der Waals surface area contributed by atoms with Gasteiger partial charge in [0.1, 0.15) is 5.82 Å². The van der Waals surface area contributed by atoms with Gasteiger partial charge in [-0.2, -0.15) is 0 Å². The molecule has 19 heavy (non-hydrogen) atoms. The lowest BCUT2D eigenvalue weighted by Gasteiger charge is -2.01. The van der Waals surface area contributed by atoms with Crippen LogP contribution in [0.4, 0.5) is 0 Å². The summed E-state index contributed by atoms with van der Waals surface area (Å²) in [5, 5.41) is 8.50. The van der Waals surface area contributed by atoms with E-state index in [0.29, 0.717) is 5.82 Å². The van der Waals surface area contributed by atoms with E-state index in [-0.39, 0.29) is 11.1 Å². The third kappa shape index (κ3) is 3.16. The van der Waals surface area contributed by atoms with Gasteiger partial charge in [-0.3, -0.25) is 4.79 Å². The number of rotatable bonds is 3. The van der Waals surface area contributed by atoms with Crippen LogP contribution >= 0.6 is 0 Å². The van der Waals surface area contributed by atoms with Crippen LogP contribution in [0.2, 0.25) is 0 Å². The fourth-order valence-corrected chi connectivity index (χ4v) is 1.54. The number of aryl methyl sites for hydroxylation is 1. The van der Waals surface area contributed by atoms with Gasteiger partial charge in [0.15, 0.2) is 0 Å². The number of benzene rings is 1. The Morgan fingerprint density at radius 3 is 2.58 bits per heavy atom. The van der Waals surface area contributed by atoms with Crippen molar-refractivity contribution in [1.82, 2.24) is 9.97 Å². The van der Waals surface area contributed by atoms with Gasteiger partial charge in [-0.1, -0.05) is 29.8 Å². The van der Waals surface area contributed by atoms with Crippen molar-refractivity contribution in [2.24, 2.45) is 0 Å². The Hall–Kier alpha value is -2.69. The molecule has 2 aromatic rings. The maximum absolute atomic E-state index is 11.8. The van der Waals surface area contributed by atoms with Crippen molar-refractivity contribution >= 4 is 12.0 Å². The highest BCUT2D eigenvalue weighted by Crippen LogP contribution is 2.13.